The van der Waals surface area contributed by atoms with Gasteiger partial charge in [0.05, 0.1) is 16.6 Å². The second-order valence-corrected chi connectivity index (χ2v) is 6.32. The molecule has 24 heavy (non-hydrogen) atoms. The van der Waals surface area contributed by atoms with Gasteiger partial charge in [0, 0.05) is 29.9 Å². The molecular formula is C18H20N6. The summed E-state index contributed by atoms with van der Waals surface area (Å²) in [5.74, 6) is 1.10. The van der Waals surface area contributed by atoms with Crippen molar-refractivity contribution < 1.29 is 0 Å². The summed E-state index contributed by atoms with van der Waals surface area (Å²) in [4.78, 5) is 4.57. The van der Waals surface area contributed by atoms with Crippen molar-refractivity contribution in [3.05, 3.63) is 36.7 Å². The van der Waals surface area contributed by atoms with Gasteiger partial charge in [-0.05, 0) is 24.1 Å². The van der Waals surface area contributed by atoms with E-state index in [0.29, 0.717) is 11.7 Å². The zero-order valence-electron chi connectivity index (χ0n) is 13.8. The van der Waals surface area contributed by atoms with Crippen molar-refractivity contribution in [2.75, 3.05) is 5.73 Å². The molecule has 0 unspecified atom stereocenters. The van der Waals surface area contributed by atoms with Crippen LogP contribution < -0.4 is 5.73 Å². The normalized spacial score (nSPS) is 12.9. The van der Waals surface area contributed by atoms with Crippen molar-refractivity contribution >= 4 is 27.6 Å². The number of hydrogen-bond acceptors (Lipinski definition) is 4. The number of aromatic amines is 1. The third-order valence-corrected chi connectivity index (χ3v) is 4.52. The Bertz CT molecular complexity index is 999. The second-order valence-electron chi connectivity index (χ2n) is 6.32. The molecule has 0 radical (unpaired) electrons. The van der Waals surface area contributed by atoms with Crippen LogP contribution in [-0.4, -0.2) is 25.0 Å². The van der Waals surface area contributed by atoms with Gasteiger partial charge in [-0.3, -0.25) is 9.78 Å². The Morgan fingerprint density at radius 3 is 2.88 bits per heavy atom. The van der Waals surface area contributed by atoms with E-state index in [1.807, 2.05) is 29.1 Å². The highest BCUT2D eigenvalue weighted by Crippen LogP contribution is 2.30. The number of fused-ring (bicyclic) bond motifs is 3. The fourth-order valence-electron chi connectivity index (χ4n) is 2.94. The van der Waals surface area contributed by atoms with Crippen LogP contribution in [0, 0.1) is 5.92 Å². The lowest BCUT2D eigenvalue weighted by Crippen LogP contribution is -2.06. The van der Waals surface area contributed by atoms with E-state index in [0.717, 1.165) is 46.0 Å². The smallest absolute Gasteiger partial charge is 0.135 e. The zero-order chi connectivity index (χ0) is 16.7. The van der Waals surface area contributed by atoms with Crippen molar-refractivity contribution in [1.82, 2.24) is 25.0 Å². The number of anilines is 1. The van der Waals surface area contributed by atoms with Gasteiger partial charge in [0.1, 0.15) is 11.3 Å². The van der Waals surface area contributed by atoms with Gasteiger partial charge in [-0.15, -0.1) is 0 Å². The molecule has 0 spiro atoms. The molecule has 0 amide bonds. The molecule has 3 N–H and O–H groups in total. The van der Waals surface area contributed by atoms with Crippen molar-refractivity contribution in [1.29, 1.82) is 0 Å². The van der Waals surface area contributed by atoms with Gasteiger partial charge in [-0.2, -0.15) is 10.2 Å². The molecule has 6 heteroatoms. The maximum Gasteiger partial charge on any atom is 0.135 e. The molecule has 4 rings (SSSR count). The SMILES string of the molecule is CC[C@@H](C)Cn1cc2c(N)nc3cc(-c4cc[nH]n4)ccc3c2n1. The summed E-state index contributed by atoms with van der Waals surface area (Å²) in [6.07, 6.45) is 4.93. The predicted octanol–water partition coefficient (Wildman–Crippen LogP) is 3.60. The Balaban J connectivity index is 1.87. The molecule has 0 bridgehead atoms. The quantitative estimate of drug-likeness (QED) is 0.601. The third-order valence-electron chi connectivity index (χ3n) is 4.52. The van der Waals surface area contributed by atoms with E-state index in [2.05, 4.69) is 35.1 Å². The first kappa shape index (κ1) is 14.7. The summed E-state index contributed by atoms with van der Waals surface area (Å²) in [7, 11) is 0. The van der Waals surface area contributed by atoms with Gasteiger partial charge in [-0.25, -0.2) is 4.98 Å². The van der Waals surface area contributed by atoms with Gasteiger partial charge in [0.2, 0.25) is 0 Å². The maximum atomic E-state index is 6.18. The largest absolute Gasteiger partial charge is 0.383 e. The number of pyridine rings is 1. The van der Waals surface area contributed by atoms with Crippen LogP contribution in [0.1, 0.15) is 20.3 Å². The highest BCUT2D eigenvalue weighted by Gasteiger charge is 2.13. The number of aromatic nitrogens is 5. The molecule has 1 atom stereocenters. The monoisotopic (exact) mass is 320 g/mol. The lowest BCUT2D eigenvalue weighted by molar-refractivity contribution is 0.441. The average molecular weight is 320 g/mol. The highest BCUT2D eigenvalue weighted by atomic mass is 15.3. The van der Waals surface area contributed by atoms with Crippen molar-refractivity contribution in [2.45, 2.75) is 26.8 Å². The number of rotatable bonds is 4. The number of nitrogens with zero attached hydrogens (tertiary/aromatic N) is 4. The topological polar surface area (TPSA) is 85.4 Å². The lowest BCUT2D eigenvalue weighted by atomic mass is 10.1. The first-order valence-corrected chi connectivity index (χ1v) is 8.22. The van der Waals surface area contributed by atoms with Crippen molar-refractivity contribution in [3.63, 3.8) is 0 Å². The van der Waals surface area contributed by atoms with Gasteiger partial charge in [-0.1, -0.05) is 26.3 Å². The predicted molar refractivity (Wildman–Crippen MR) is 96.5 cm³/mol. The van der Waals surface area contributed by atoms with Crippen LogP contribution in [0.4, 0.5) is 5.82 Å². The summed E-state index contributed by atoms with van der Waals surface area (Å²) in [6, 6.07) is 8.04. The van der Waals surface area contributed by atoms with E-state index < -0.39 is 0 Å². The van der Waals surface area contributed by atoms with Crippen LogP contribution in [0.5, 0.6) is 0 Å². The molecule has 0 saturated carbocycles. The lowest BCUT2D eigenvalue weighted by Gasteiger charge is -2.07. The Hall–Kier alpha value is -2.89. The Kier molecular flexibility index (Phi) is 3.45. The molecule has 0 fully saturated rings. The third kappa shape index (κ3) is 2.40. The summed E-state index contributed by atoms with van der Waals surface area (Å²) in [5.41, 5.74) is 9.83. The molecule has 1 aromatic carbocycles. The molecular weight excluding hydrogens is 300 g/mol. The molecule has 122 valence electrons. The van der Waals surface area contributed by atoms with Crippen LogP contribution in [0.3, 0.4) is 0 Å². The standard InChI is InChI=1S/C18H20N6/c1-3-11(2)9-24-10-14-17(23-24)13-5-4-12(15-6-7-20-22-15)8-16(13)21-18(14)19/h4-8,10-11H,3,9H2,1-2H3,(H2,19,21)(H,20,22)/t11-/m1/s1. The maximum absolute atomic E-state index is 6.18. The van der Waals surface area contributed by atoms with E-state index in [1.165, 1.54) is 0 Å². The second kappa shape index (κ2) is 5.63. The number of nitrogens with one attached hydrogen (secondary N) is 1. The fraction of sp³-hybridized carbons (Fsp3) is 0.278. The number of benzene rings is 1. The molecule has 0 aliphatic rings. The van der Waals surface area contributed by atoms with Crippen LogP contribution in [-0.2, 0) is 6.54 Å². The minimum Gasteiger partial charge on any atom is -0.383 e. The van der Waals surface area contributed by atoms with Gasteiger partial charge >= 0.3 is 0 Å². The van der Waals surface area contributed by atoms with E-state index >= 15 is 0 Å². The minimum atomic E-state index is 0.520. The van der Waals surface area contributed by atoms with Crippen molar-refractivity contribution in [2.24, 2.45) is 5.92 Å². The van der Waals surface area contributed by atoms with E-state index in [4.69, 9.17) is 10.8 Å². The van der Waals surface area contributed by atoms with Crippen LogP contribution >= 0.6 is 0 Å². The van der Waals surface area contributed by atoms with E-state index in [-0.39, 0.29) is 0 Å². The summed E-state index contributed by atoms with van der Waals surface area (Å²) in [6.45, 7) is 5.30. The number of H-pyrrole nitrogens is 1. The number of nitrogens with two attached hydrogens (primary N) is 1. The number of hydrogen-bond donors (Lipinski definition) is 2. The van der Waals surface area contributed by atoms with Crippen molar-refractivity contribution in [3.8, 4) is 11.3 Å². The van der Waals surface area contributed by atoms with Crippen LogP contribution in [0.15, 0.2) is 36.7 Å². The molecule has 4 aromatic rings. The highest BCUT2D eigenvalue weighted by molar-refractivity contribution is 6.08. The van der Waals surface area contributed by atoms with Gasteiger partial charge in [0.15, 0.2) is 0 Å². The molecule has 3 heterocycles. The fourth-order valence-corrected chi connectivity index (χ4v) is 2.94. The Morgan fingerprint density at radius 2 is 2.12 bits per heavy atom. The molecule has 0 aliphatic heterocycles. The minimum absolute atomic E-state index is 0.520. The first-order chi connectivity index (χ1) is 11.7. The molecule has 0 saturated heterocycles. The summed E-state index contributed by atoms with van der Waals surface area (Å²) < 4.78 is 1.98. The number of nitrogen functional groups attached to an aromatic ring is 1. The summed E-state index contributed by atoms with van der Waals surface area (Å²) >= 11 is 0. The molecule has 3 aromatic heterocycles. The molecule has 6 nitrogen and oxygen atoms in total. The Labute approximate surface area is 139 Å². The Morgan fingerprint density at radius 1 is 1.25 bits per heavy atom. The van der Waals surface area contributed by atoms with E-state index in [9.17, 15) is 0 Å². The van der Waals surface area contributed by atoms with Crippen LogP contribution in [0.25, 0.3) is 33.1 Å². The molecule has 0 aliphatic carbocycles. The van der Waals surface area contributed by atoms with Crippen LogP contribution in [0.2, 0.25) is 0 Å². The van der Waals surface area contributed by atoms with E-state index in [1.54, 1.807) is 6.20 Å². The summed E-state index contributed by atoms with van der Waals surface area (Å²) in [5, 5.41) is 13.7. The van der Waals surface area contributed by atoms with Gasteiger partial charge < -0.3 is 5.73 Å². The average Bonchev–Trinajstić information content (AvgIpc) is 3.24. The first-order valence-electron chi connectivity index (χ1n) is 8.22. The zero-order valence-corrected chi connectivity index (χ0v) is 13.8. The van der Waals surface area contributed by atoms with Gasteiger partial charge in [0.25, 0.3) is 0 Å².